The van der Waals surface area contributed by atoms with E-state index in [4.69, 9.17) is 0 Å². The van der Waals surface area contributed by atoms with Crippen LogP contribution in [0.25, 0.3) is 0 Å². The molecule has 0 bridgehead atoms. The maximum absolute atomic E-state index is 12.6. The molecule has 0 heterocycles. The minimum absolute atomic E-state index is 0. The SMILES string of the molecule is CCCN(CC)[C@@H](CC)C(=O)Nc1c(C)cccc1C.Cl. The lowest BCUT2D eigenvalue weighted by molar-refractivity contribution is -0.121. The average molecular weight is 313 g/mol. The minimum Gasteiger partial charge on any atom is -0.324 e. The highest BCUT2D eigenvalue weighted by Crippen LogP contribution is 2.20. The van der Waals surface area contributed by atoms with Gasteiger partial charge in [0, 0.05) is 5.69 Å². The van der Waals surface area contributed by atoms with Crippen molar-refractivity contribution in [3.8, 4) is 0 Å². The van der Waals surface area contributed by atoms with Crippen molar-refractivity contribution in [1.82, 2.24) is 4.90 Å². The third-order valence-corrected chi connectivity index (χ3v) is 3.78. The van der Waals surface area contributed by atoms with Gasteiger partial charge < -0.3 is 5.32 Å². The number of anilines is 1. The first-order valence-electron chi connectivity index (χ1n) is 7.66. The minimum atomic E-state index is -0.0426. The quantitative estimate of drug-likeness (QED) is 0.819. The zero-order valence-electron chi connectivity index (χ0n) is 13.9. The van der Waals surface area contributed by atoms with E-state index in [1.165, 1.54) is 0 Å². The first-order valence-corrected chi connectivity index (χ1v) is 7.66. The van der Waals surface area contributed by atoms with Crippen molar-refractivity contribution in [2.75, 3.05) is 18.4 Å². The molecular weight excluding hydrogens is 284 g/mol. The molecule has 0 aliphatic carbocycles. The molecule has 1 aromatic carbocycles. The predicted octanol–water partition coefficient (Wildman–Crippen LogP) is 4.17. The van der Waals surface area contributed by atoms with Gasteiger partial charge in [-0.2, -0.15) is 0 Å². The van der Waals surface area contributed by atoms with Gasteiger partial charge in [0.25, 0.3) is 0 Å². The van der Waals surface area contributed by atoms with Gasteiger partial charge in [-0.05, 0) is 50.9 Å². The second kappa shape index (κ2) is 9.80. The Morgan fingerprint density at radius 1 is 1.19 bits per heavy atom. The molecule has 0 aromatic heterocycles. The normalized spacial score (nSPS) is 11.9. The van der Waals surface area contributed by atoms with Gasteiger partial charge in [0.05, 0.1) is 6.04 Å². The number of halogens is 1. The Balaban J connectivity index is 0.00000400. The highest BCUT2D eigenvalue weighted by molar-refractivity contribution is 5.96. The molecule has 1 aromatic rings. The number of aryl methyl sites for hydroxylation is 2. The van der Waals surface area contributed by atoms with Crippen LogP contribution in [0.15, 0.2) is 18.2 Å². The molecular formula is C17H29ClN2O. The summed E-state index contributed by atoms with van der Waals surface area (Å²) < 4.78 is 0. The van der Waals surface area contributed by atoms with Gasteiger partial charge in [-0.1, -0.05) is 39.0 Å². The summed E-state index contributed by atoms with van der Waals surface area (Å²) in [4.78, 5) is 14.8. The van der Waals surface area contributed by atoms with Gasteiger partial charge in [-0.15, -0.1) is 12.4 Å². The number of carbonyl (C=O) groups is 1. The fourth-order valence-corrected chi connectivity index (χ4v) is 2.65. The van der Waals surface area contributed by atoms with Crippen LogP contribution in [0.1, 0.15) is 44.7 Å². The summed E-state index contributed by atoms with van der Waals surface area (Å²) in [6.07, 6.45) is 1.91. The van der Waals surface area contributed by atoms with Crippen LogP contribution in [0.4, 0.5) is 5.69 Å². The summed E-state index contributed by atoms with van der Waals surface area (Å²) in [5.41, 5.74) is 3.20. The van der Waals surface area contributed by atoms with E-state index < -0.39 is 0 Å². The molecule has 0 aliphatic rings. The zero-order valence-corrected chi connectivity index (χ0v) is 14.7. The standard InChI is InChI=1S/C17H28N2O.ClH/c1-6-12-19(8-3)15(7-2)17(20)18-16-13(4)10-9-11-14(16)5;/h9-11,15H,6-8,12H2,1-5H3,(H,18,20);1H/t15-;/m0./s1. The summed E-state index contributed by atoms with van der Waals surface area (Å²) in [7, 11) is 0. The number of nitrogens with zero attached hydrogens (tertiary/aromatic N) is 1. The van der Waals surface area contributed by atoms with Crippen molar-refractivity contribution >= 4 is 24.0 Å². The van der Waals surface area contributed by atoms with Crippen LogP contribution in [0.2, 0.25) is 0 Å². The molecule has 0 fully saturated rings. The topological polar surface area (TPSA) is 32.3 Å². The lowest BCUT2D eigenvalue weighted by atomic mass is 10.1. The fourth-order valence-electron chi connectivity index (χ4n) is 2.65. The number of carbonyl (C=O) groups excluding carboxylic acids is 1. The lowest BCUT2D eigenvalue weighted by Crippen LogP contribution is -2.44. The van der Waals surface area contributed by atoms with Crippen molar-refractivity contribution in [3.05, 3.63) is 29.3 Å². The molecule has 1 N–H and O–H groups in total. The zero-order chi connectivity index (χ0) is 15.1. The second-order valence-corrected chi connectivity index (χ2v) is 5.31. The molecule has 0 spiro atoms. The molecule has 1 rings (SSSR count). The third-order valence-electron chi connectivity index (χ3n) is 3.78. The predicted molar refractivity (Wildman–Crippen MR) is 93.4 cm³/mol. The van der Waals surface area contributed by atoms with Crippen LogP contribution in [0, 0.1) is 13.8 Å². The summed E-state index contributed by atoms with van der Waals surface area (Å²) in [6, 6.07) is 6.05. The van der Waals surface area contributed by atoms with Gasteiger partial charge in [-0.25, -0.2) is 0 Å². The van der Waals surface area contributed by atoms with Crippen LogP contribution in [-0.2, 0) is 4.79 Å². The number of benzene rings is 1. The Hall–Kier alpha value is -1.06. The molecule has 0 radical (unpaired) electrons. The van der Waals surface area contributed by atoms with E-state index >= 15 is 0 Å². The Morgan fingerprint density at radius 2 is 1.76 bits per heavy atom. The molecule has 1 atom stereocenters. The van der Waals surface area contributed by atoms with Crippen LogP contribution in [0.3, 0.4) is 0 Å². The third kappa shape index (κ3) is 5.33. The highest BCUT2D eigenvalue weighted by Gasteiger charge is 2.23. The summed E-state index contributed by atoms with van der Waals surface area (Å²) in [5.74, 6) is 0.111. The van der Waals surface area contributed by atoms with Crippen molar-refractivity contribution in [1.29, 1.82) is 0 Å². The summed E-state index contributed by atoms with van der Waals surface area (Å²) in [5, 5.41) is 3.12. The fraction of sp³-hybridized carbons (Fsp3) is 0.588. The van der Waals surface area contributed by atoms with Crippen molar-refractivity contribution in [2.45, 2.75) is 53.5 Å². The van der Waals surface area contributed by atoms with Crippen LogP contribution < -0.4 is 5.32 Å². The summed E-state index contributed by atoms with van der Waals surface area (Å²) >= 11 is 0. The number of para-hydroxylation sites is 1. The molecule has 21 heavy (non-hydrogen) atoms. The van der Waals surface area contributed by atoms with Crippen LogP contribution >= 0.6 is 12.4 Å². The lowest BCUT2D eigenvalue weighted by Gasteiger charge is -2.29. The van der Waals surface area contributed by atoms with Gasteiger partial charge in [-0.3, -0.25) is 9.69 Å². The molecule has 120 valence electrons. The van der Waals surface area contributed by atoms with Gasteiger partial charge in [0.15, 0.2) is 0 Å². The van der Waals surface area contributed by atoms with E-state index in [1.807, 2.05) is 32.0 Å². The van der Waals surface area contributed by atoms with E-state index in [0.29, 0.717) is 0 Å². The molecule has 3 nitrogen and oxygen atoms in total. The molecule has 4 heteroatoms. The van der Waals surface area contributed by atoms with E-state index in [1.54, 1.807) is 0 Å². The van der Waals surface area contributed by atoms with E-state index in [2.05, 4.69) is 31.0 Å². The van der Waals surface area contributed by atoms with Crippen molar-refractivity contribution in [3.63, 3.8) is 0 Å². The van der Waals surface area contributed by atoms with Gasteiger partial charge in [0.2, 0.25) is 5.91 Å². The maximum atomic E-state index is 12.6. The number of nitrogens with one attached hydrogen (secondary N) is 1. The number of hydrogen-bond acceptors (Lipinski definition) is 2. The highest BCUT2D eigenvalue weighted by atomic mass is 35.5. The van der Waals surface area contributed by atoms with Crippen LogP contribution in [0.5, 0.6) is 0 Å². The van der Waals surface area contributed by atoms with Crippen molar-refractivity contribution < 1.29 is 4.79 Å². The molecule has 0 aliphatic heterocycles. The monoisotopic (exact) mass is 312 g/mol. The van der Waals surface area contributed by atoms with Gasteiger partial charge >= 0.3 is 0 Å². The summed E-state index contributed by atoms with van der Waals surface area (Å²) in [6.45, 7) is 12.3. The molecule has 0 unspecified atom stereocenters. The largest absolute Gasteiger partial charge is 0.324 e. The number of likely N-dealkylation sites (N-methyl/N-ethyl adjacent to an activating group) is 1. The number of rotatable bonds is 7. The second-order valence-electron chi connectivity index (χ2n) is 5.31. The Bertz CT molecular complexity index is 428. The number of amides is 1. The number of hydrogen-bond donors (Lipinski definition) is 1. The smallest absolute Gasteiger partial charge is 0.241 e. The van der Waals surface area contributed by atoms with Crippen molar-refractivity contribution in [2.24, 2.45) is 0 Å². The van der Waals surface area contributed by atoms with E-state index in [9.17, 15) is 4.79 Å². The molecule has 0 saturated heterocycles. The molecule has 0 saturated carbocycles. The average Bonchev–Trinajstić information content (AvgIpc) is 2.42. The van der Waals surface area contributed by atoms with Crippen LogP contribution in [-0.4, -0.2) is 29.9 Å². The first-order chi connectivity index (χ1) is 9.54. The van der Waals surface area contributed by atoms with Gasteiger partial charge in [0.1, 0.15) is 0 Å². The Kier molecular flexibility index (Phi) is 9.31. The first kappa shape index (κ1) is 19.9. The molecule has 1 amide bonds. The Morgan fingerprint density at radius 3 is 2.19 bits per heavy atom. The van der Waals surface area contributed by atoms with E-state index in [-0.39, 0.29) is 24.4 Å². The Labute approximate surface area is 135 Å². The maximum Gasteiger partial charge on any atom is 0.241 e. The van der Waals surface area contributed by atoms with E-state index in [0.717, 1.165) is 42.7 Å².